The molecule has 0 saturated heterocycles. The number of aromatic nitrogens is 3. The topological polar surface area (TPSA) is 14.8 Å². The Morgan fingerprint density at radius 1 is 0.293 bits per heavy atom. The standard InChI is InChI=1S/C72H49N3/c1-4-16-52(17-5-1)59-22-10-13-25-66(59)75-71-42-38-55(50-32-28-48(29-33-50)53-36-40-69-62(44-53)60-23-11-14-26-67(60)73(69)57-18-6-2-7-19-57)46-64(71)65-47-56(39-43-72(65)75)51-34-30-49(31-35-51)54-37-41-70-63(45-54)61-24-12-15-27-68(61)74(70)58-20-8-3-9-21-58/h1-34,36-47,51H,35H2. The van der Waals surface area contributed by atoms with E-state index in [1.165, 1.54) is 133 Å². The molecule has 352 valence electrons. The van der Waals surface area contributed by atoms with Gasteiger partial charge in [0.2, 0.25) is 0 Å². The lowest BCUT2D eigenvalue weighted by molar-refractivity contribution is 0.858. The number of benzene rings is 11. The zero-order valence-corrected chi connectivity index (χ0v) is 41.2. The normalized spacial score (nSPS) is 13.7. The summed E-state index contributed by atoms with van der Waals surface area (Å²) in [6.07, 6.45) is 8.13. The number of para-hydroxylation sites is 5. The molecule has 0 amide bonds. The van der Waals surface area contributed by atoms with E-state index in [-0.39, 0.29) is 5.92 Å². The Labute approximate surface area is 435 Å². The van der Waals surface area contributed by atoms with Crippen LogP contribution in [0, 0.1) is 0 Å². The molecule has 3 heterocycles. The predicted molar refractivity (Wildman–Crippen MR) is 317 cm³/mol. The minimum atomic E-state index is 0.252. The third-order valence-corrected chi connectivity index (χ3v) is 15.8. The van der Waals surface area contributed by atoms with Crippen LogP contribution < -0.4 is 0 Å². The van der Waals surface area contributed by atoms with Gasteiger partial charge in [-0.3, -0.25) is 0 Å². The summed E-state index contributed by atoms with van der Waals surface area (Å²) in [6.45, 7) is 0. The summed E-state index contributed by atoms with van der Waals surface area (Å²) in [4.78, 5) is 0. The highest BCUT2D eigenvalue weighted by molar-refractivity contribution is 6.13. The monoisotopic (exact) mass is 955 g/mol. The summed E-state index contributed by atoms with van der Waals surface area (Å²) in [6, 6.07) is 95.8. The molecule has 14 aromatic rings. The summed E-state index contributed by atoms with van der Waals surface area (Å²) >= 11 is 0. The van der Waals surface area contributed by atoms with Crippen LogP contribution >= 0.6 is 0 Å². The Morgan fingerprint density at radius 2 is 0.720 bits per heavy atom. The summed E-state index contributed by atoms with van der Waals surface area (Å²) in [5.41, 5.74) is 21.8. The van der Waals surface area contributed by atoms with Gasteiger partial charge in [0.25, 0.3) is 0 Å². The lowest BCUT2D eigenvalue weighted by Gasteiger charge is -2.18. The molecular weight excluding hydrogens is 907 g/mol. The Balaban J connectivity index is 0.797. The van der Waals surface area contributed by atoms with Gasteiger partial charge < -0.3 is 13.7 Å². The van der Waals surface area contributed by atoms with E-state index in [1.807, 2.05) is 0 Å². The molecule has 15 rings (SSSR count). The second-order valence-corrected chi connectivity index (χ2v) is 20.0. The molecule has 1 aliphatic carbocycles. The molecule has 0 saturated carbocycles. The Bertz CT molecular complexity index is 4590. The van der Waals surface area contributed by atoms with Crippen LogP contribution in [-0.4, -0.2) is 13.7 Å². The summed E-state index contributed by atoms with van der Waals surface area (Å²) in [5.74, 6) is 0.252. The van der Waals surface area contributed by atoms with Crippen molar-refractivity contribution in [3.8, 4) is 50.4 Å². The van der Waals surface area contributed by atoms with E-state index < -0.39 is 0 Å². The molecule has 11 aromatic carbocycles. The van der Waals surface area contributed by atoms with Crippen molar-refractivity contribution in [2.75, 3.05) is 0 Å². The SMILES string of the molecule is C1=CC(c2ccc3c(c2)c2cc(-c4ccc(-c5ccc6c(c5)c5ccccc5n6-c5ccccc5)cc4)ccc2n3-c2ccccc2-c2ccccc2)CC=C1c1ccc2c(c1)c1ccccc1n2-c1ccccc1. The van der Waals surface area contributed by atoms with Crippen LogP contribution in [0.3, 0.4) is 0 Å². The smallest absolute Gasteiger partial charge is 0.0541 e. The fourth-order valence-electron chi connectivity index (χ4n) is 12.2. The van der Waals surface area contributed by atoms with Gasteiger partial charge in [-0.05, 0) is 142 Å². The molecule has 1 aliphatic rings. The minimum Gasteiger partial charge on any atom is -0.309 e. The molecule has 0 radical (unpaired) electrons. The van der Waals surface area contributed by atoms with Crippen LogP contribution in [0.1, 0.15) is 23.5 Å². The molecule has 0 aliphatic heterocycles. The fourth-order valence-corrected chi connectivity index (χ4v) is 12.2. The van der Waals surface area contributed by atoms with E-state index >= 15 is 0 Å². The van der Waals surface area contributed by atoms with Gasteiger partial charge in [-0.2, -0.15) is 0 Å². The van der Waals surface area contributed by atoms with E-state index in [0.29, 0.717) is 0 Å². The molecule has 3 nitrogen and oxygen atoms in total. The Morgan fingerprint density at radius 3 is 1.29 bits per heavy atom. The highest BCUT2D eigenvalue weighted by Gasteiger charge is 2.21. The number of hydrogen-bond donors (Lipinski definition) is 0. The first-order chi connectivity index (χ1) is 37.2. The van der Waals surface area contributed by atoms with Gasteiger partial charge >= 0.3 is 0 Å². The Kier molecular flexibility index (Phi) is 10.0. The molecule has 75 heavy (non-hydrogen) atoms. The van der Waals surface area contributed by atoms with E-state index in [9.17, 15) is 0 Å². The molecule has 0 fully saturated rings. The van der Waals surface area contributed by atoms with Crippen LogP contribution in [-0.2, 0) is 0 Å². The number of rotatable bonds is 8. The maximum atomic E-state index is 2.48. The van der Waals surface area contributed by atoms with Crippen molar-refractivity contribution in [1.82, 2.24) is 13.7 Å². The predicted octanol–water partition coefficient (Wildman–Crippen LogP) is 19.1. The summed E-state index contributed by atoms with van der Waals surface area (Å²) in [7, 11) is 0. The van der Waals surface area contributed by atoms with Crippen LogP contribution in [0.5, 0.6) is 0 Å². The van der Waals surface area contributed by atoms with Crippen molar-refractivity contribution in [3.63, 3.8) is 0 Å². The molecule has 0 spiro atoms. The van der Waals surface area contributed by atoms with E-state index in [0.717, 1.165) is 6.42 Å². The van der Waals surface area contributed by atoms with Gasteiger partial charge in [-0.25, -0.2) is 0 Å². The first-order valence-electron chi connectivity index (χ1n) is 26.1. The number of hydrogen-bond acceptors (Lipinski definition) is 0. The average molecular weight is 956 g/mol. The number of fused-ring (bicyclic) bond motifs is 9. The minimum absolute atomic E-state index is 0.252. The van der Waals surface area contributed by atoms with Crippen molar-refractivity contribution in [2.24, 2.45) is 0 Å². The average Bonchev–Trinajstić information content (AvgIpc) is 4.18. The number of allylic oxidation sites excluding steroid dienone is 4. The quantitative estimate of drug-likeness (QED) is 0.144. The van der Waals surface area contributed by atoms with Crippen molar-refractivity contribution in [1.29, 1.82) is 0 Å². The van der Waals surface area contributed by atoms with Crippen LogP contribution in [0.25, 0.3) is 121 Å². The number of nitrogens with zero attached hydrogens (tertiary/aromatic N) is 3. The van der Waals surface area contributed by atoms with Crippen molar-refractivity contribution >= 4 is 71.0 Å². The maximum Gasteiger partial charge on any atom is 0.0541 e. The zero-order chi connectivity index (χ0) is 49.4. The summed E-state index contributed by atoms with van der Waals surface area (Å²) in [5, 5.41) is 7.57. The highest BCUT2D eigenvalue weighted by atomic mass is 15.0. The highest BCUT2D eigenvalue weighted by Crippen LogP contribution is 2.42. The van der Waals surface area contributed by atoms with Gasteiger partial charge in [0.15, 0.2) is 0 Å². The molecule has 0 N–H and O–H groups in total. The largest absolute Gasteiger partial charge is 0.309 e. The van der Waals surface area contributed by atoms with Crippen LogP contribution in [0.15, 0.2) is 279 Å². The molecule has 0 bridgehead atoms. The van der Waals surface area contributed by atoms with Gasteiger partial charge in [0, 0.05) is 55.2 Å². The molecule has 3 heteroatoms. The van der Waals surface area contributed by atoms with Crippen molar-refractivity contribution < 1.29 is 0 Å². The molecular formula is C72H49N3. The van der Waals surface area contributed by atoms with E-state index in [4.69, 9.17) is 0 Å². The molecule has 3 aromatic heterocycles. The summed E-state index contributed by atoms with van der Waals surface area (Å²) < 4.78 is 7.24. The van der Waals surface area contributed by atoms with Crippen LogP contribution in [0.2, 0.25) is 0 Å². The van der Waals surface area contributed by atoms with E-state index in [2.05, 4.69) is 293 Å². The second kappa shape index (κ2) is 17.5. The fraction of sp³-hybridized carbons (Fsp3) is 0.0278. The first kappa shape index (κ1) is 42.9. The second-order valence-electron chi connectivity index (χ2n) is 20.0. The van der Waals surface area contributed by atoms with Gasteiger partial charge in [0.05, 0.1) is 38.8 Å². The lowest BCUT2D eigenvalue weighted by atomic mass is 9.87. The molecule has 1 atom stereocenters. The Hall–Kier alpha value is -9.70. The third-order valence-electron chi connectivity index (χ3n) is 15.8. The maximum absolute atomic E-state index is 2.48. The first-order valence-corrected chi connectivity index (χ1v) is 26.1. The van der Waals surface area contributed by atoms with Crippen LogP contribution in [0.4, 0.5) is 0 Å². The zero-order valence-electron chi connectivity index (χ0n) is 41.2. The van der Waals surface area contributed by atoms with Gasteiger partial charge in [0.1, 0.15) is 0 Å². The third kappa shape index (κ3) is 7.11. The van der Waals surface area contributed by atoms with Crippen molar-refractivity contribution in [3.05, 3.63) is 290 Å². The van der Waals surface area contributed by atoms with Gasteiger partial charge in [-0.15, -0.1) is 0 Å². The lowest BCUT2D eigenvalue weighted by Crippen LogP contribution is -2.00. The van der Waals surface area contributed by atoms with Gasteiger partial charge in [-0.1, -0.05) is 188 Å². The van der Waals surface area contributed by atoms with Crippen molar-refractivity contribution in [2.45, 2.75) is 12.3 Å². The molecule has 1 unspecified atom stereocenters. The van der Waals surface area contributed by atoms with E-state index in [1.54, 1.807) is 0 Å².